The van der Waals surface area contributed by atoms with Gasteiger partial charge in [0.2, 0.25) is 0 Å². The molecular formula is C50H28N2O4S6. The summed E-state index contributed by atoms with van der Waals surface area (Å²) in [6.07, 6.45) is 2.97. The van der Waals surface area contributed by atoms with Crippen LogP contribution in [0.4, 0.5) is 9.59 Å². The van der Waals surface area contributed by atoms with Crippen molar-refractivity contribution in [3.63, 3.8) is 0 Å². The number of thiocarbonyl (C=S) groups is 4. The van der Waals surface area contributed by atoms with Gasteiger partial charge >= 0.3 is 12.2 Å². The van der Waals surface area contributed by atoms with Crippen LogP contribution in [0.15, 0.2) is 145 Å². The Labute approximate surface area is 383 Å². The molecule has 5 aromatic carbocycles. The molecule has 6 nitrogen and oxygen atoms in total. The van der Waals surface area contributed by atoms with Crippen molar-refractivity contribution in [2.75, 3.05) is 0 Å². The Balaban J connectivity index is 1.09. The van der Waals surface area contributed by atoms with Crippen LogP contribution in [0.1, 0.15) is 43.1 Å². The summed E-state index contributed by atoms with van der Waals surface area (Å²) in [6.45, 7) is 0.185. The van der Waals surface area contributed by atoms with Crippen LogP contribution in [0.3, 0.4) is 0 Å². The van der Waals surface area contributed by atoms with E-state index in [0.29, 0.717) is 41.5 Å². The largest absolute Gasteiger partial charge is 0.444 e. The van der Waals surface area contributed by atoms with Crippen molar-refractivity contribution in [1.82, 2.24) is 9.13 Å². The monoisotopic (exact) mass is 912 g/mol. The molecule has 0 bridgehead atoms. The van der Waals surface area contributed by atoms with E-state index in [1.165, 1.54) is 22.7 Å². The molecule has 0 saturated carbocycles. The molecule has 0 atom stereocenters. The summed E-state index contributed by atoms with van der Waals surface area (Å²) in [4.78, 5) is 33.3. The smallest absolute Gasteiger partial charge is 0.419 e. The highest BCUT2D eigenvalue weighted by molar-refractivity contribution is 7.84. The maximum absolute atomic E-state index is 14.4. The summed E-state index contributed by atoms with van der Waals surface area (Å²) in [5.41, 5.74) is 9.75. The number of aromatic nitrogens is 2. The zero-order valence-corrected chi connectivity index (χ0v) is 37.1. The summed E-state index contributed by atoms with van der Waals surface area (Å²) in [7, 11) is 0. The van der Waals surface area contributed by atoms with Crippen molar-refractivity contribution < 1.29 is 19.1 Å². The van der Waals surface area contributed by atoms with Crippen molar-refractivity contribution in [3.8, 4) is 0 Å². The Morgan fingerprint density at radius 3 is 1.16 bits per heavy atom. The second-order valence-electron chi connectivity index (χ2n) is 14.9. The van der Waals surface area contributed by atoms with Crippen LogP contribution in [0.5, 0.6) is 0 Å². The van der Waals surface area contributed by atoms with Crippen molar-refractivity contribution in [2.24, 2.45) is 0 Å². The molecule has 2 aliphatic carbocycles. The van der Waals surface area contributed by atoms with E-state index in [9.17, 15) is 9.59 Å². The Morgan fingerprint density at radius 2 is 0.806 bits per heavy atom. The molecule has 0 spiro atoms. The quantitative estimate of drug-likeness (QED) is 0.121. The number of nitrogens with zero attached hydrogens (tertiary/aromatic N) is 2. The van der Waals surface area contributed by atoms with Crippen molar-refractivity contribution >= 4 is 158 Å². The Hall–Kier alpha value is -6.12. The third-order valence-electron chi connectivity index (χ3n) is 11.2. The number of thiophene rings is 2. The highest BCUT2D eigenvalue weighted by Crippen LogP contribution is 2.44. The predicted octanol–water partition coefficient (Wildman–Crippen LogP) is 13.5. The molecule has 0 radical (unpaired) electrons. The highest BCUT2D eigenvalue weighted by Gasteiger charge is 2.30. The maximum atomic E-state index is 14.4. The minimum atomic E-state index is -0.526. The topological polar surface area (TPSA) is 62.5 Å². The van der Waals surface area contributed by atoms with E-state index < -0.39 is 12.2 Å². The Bertz CT molecular complexity index is 3220. The third kappa shape index (κ3) is 6.36. The molecule has 4 aromatic heterocycles. The fourth-order valence-electron chi connectivity index (χ4n) is 8.28. The van der Waals surface area contributed by atoms with Crippen molar-refractivity contribution in [2.45, 2.75) is 13.2 Å². The van der Waals surface area contributed by atoms with Gasteiger partial charge in [-0.25, -0.2) is 18.7 Å². The van der Waals surface area contributed by atoms with E-state index in [1.54, 1.807) is 9.13 Å². The fraction of sp³-hybridized carbons (Fsp3) is 0.0400. The molecule has 11 rings (SSSR count). The molecule has 0 saturated heterocycles. The summed E-state index contributed by atoms with van der Waals surface area (Å²) in [5.74, 6) is 0. The molecule has 0 amide bonds. The van der Waals surface area contributed by atoms with E-state index in [0.717, 1.165) is 74.5 Å². The van der Waals surface area contributed by atoms with Gasteiger partial charge in [-0.15, -0.1) is 22.7 Å². The van der Waals surface area contributed by atoms with E-state index in [1.807, 2.05) is 146 Å². The molecule has 0 unspecified atom stereocenters. The molecule has 12 heteroatoms. The number of rotatable bonds is 6. The van der Waals surface area contributed by atoms with Gasteiger partial charge in [0.25, 0.3) is 0 Å². The number of ether oxygens (including phenoxy) is 2. The number of carbonyl (C=O) groups excluding carboxylic acids is 2. The van der Waals surface area contributed by atoms with Crippen LogP contribution in [0, 0.1) is 0 Å². The number of benzene rings is 5. The van der Waals surface area contributed by atoms with Crippen LogP contribution in [0.25, 0.3) is 54.4 Å². The predicted molar refractivity (Wildman–Crippen MR) is 268 cm³/mol. The first-order valence-corrected chi connectivity index (χ1v) is 22.8. The molecular weight excluding hydrogens is 885 g/mol. The summed E-state index contributed by atoms with van der Waals surface area (Å²) in [5, 5.41) is 1.56. The molecule has 0 N–H and O–H groups in total. The molecule has 4 heterocycles. The van der Waals surface area contributed by atoms with Gasteiger partial charge in [0.05, 0.1) is 50.9 Å². The van der Waals surface area contributed by atoms with Gasteiger partial charge in [0, 0.05) is 53.9 Å². The zero-order valence-electron chi connectivity index (χ0n) is 32.2. The third-order valence-corrected chi connectivity index (χ3v) is 15.2. The summed E-state index contributed by atoms with van der Waals surface area (Å²) < 4.78 is 17.0. The first-order chi connectivity index (χ1) is 30.2. The normalized spacial score (nSPS) is 13.5. The Morgan fingerprint density at radius 1 is 0.468 bits per heavy atom. The maximum Gasteiger partial charge on any atom is 0.419 e. The number of hydrogen-bond acceptors (Lipinski definition) is 10. The van der Waals surface area contributed by atoms with Gasteiger partial charge in [-0.3, -0.25) is 0 Å². The van der Waals surface area contributed by atoms with Crippen LogP contribution >= 0.6 is 71.5 Å². The van der Waals surface area contributed by atoms with Crippen LogP contribution in [-0.4, -0.2) is 40.8 Å². The molecule has 9 aromatic rings. The average Bonchev–Trinajstić information content (AvgIpc) is 4.12. The van der Waals surface area contributed by atoms with Crippen LogP contribution in [-0.2, 0) is 22.7 Å². The zero-order chi connectivity index (χ0) is 42.2. The number of allylic oxidation sites excluding steroid dienone is 2. The van der Waals surface area contributed by atoms with E-state index in [4.69, 9.17) is 58.3 Å². The van der Waals surface area contributed by atoms with Crippen molar-refractivity contribution in [3.05, 3.63) is 188 Å². The lowest BCUT2D eigenvalue weighted by molar-refractivity contribution is 0.142. The molecule has 62 heavy (non-hydrogen) atoms. The lowest BCUT2D eigenvalue weighted by Crippen LogP contribution is -2.14. The van der Waals surface area contributed by atoms with Gasteiger partial charge in [0.1, 0.15) is 13.2 Å². The minimum Gasteiger partial charge on any atom is -0.444 e. The second kappa shape index (κ2) is 15.3. The average molecular weight is 913 g/mol. The summed E-state index contributed by atoms with van der Waals surface area (Å²) >= 11 is 26.7. The Kier molecular flexibility index (Phi) is 9.60. The SMILES string of the molecule is O=C(OCc1ccccc1)n1c2cc3c4sc(C=C5C(=S)c6ccccc6C5=S)cc4n(C(=O)OCc4ccccc4)c3cc2c2sc(C=C3C(=S)c4ccccc4C3=S)cc21. The van der Waals surface area contributed by atoms with E-state index >= 15 is 0 Å². The van der Waals surface area contributed by atoms with Crippen LogP contribution < -0.4 is 0 Å². The number of fused-ring (bicyclic) bond motifs is 8. The highest BCUT2D eigenvalue weighted by atomic mass is 32.1. The first kappa shape index (κ1) is 38.8. The number of carbonyl (C=O) groups is 2. The van der Waals surface area contributed by atoms with Gasteiger partial charge in [-0.2, -0.15) is 0 Å². The number of hydrogen-bond donors (Lipinski definition) is 0. The van der Waals surface area contributed by atoms with Gasteiger partial charge in [-0.05, 0) is 47.5 Å². The first-order valence-electron chi connectivity index (χ1n) is 19.5. The van der Waals surface area contributed by atoms with Gasteiger partial charge < -0.3 is 9.47 Å². The lowest BCUT2D eigenvalue weighted by atomic mass is 10.1. The molecule has 0 fully saturated rings. The molecule has 0 aliphatic heterocycles. The van der Waals surface area contributed by atoms with Crippen molar-refractivity contribution in [1.29, 1.82) is 0 Å². The fourth-order valence-corrected chi connectivity index (χ4v) is 12.0. The molecule has 2 aliphatic rings. The van der Waals surface area contributed by atoms with Gasteiger partial charge in [0.15, 0.2) is 0 Å². The molecule has 298 valence electrons. The standard InChI is InChI=1S/C50H28N2O4S6/c53-49(55-25-27-11-3-1-4-12-27)51-39-23-36-40(24-35(39)47-41(51)21-29(61-47)19-37-43(57)31-15-7-8-16-32(31)44(37)58)52(50(54)56-26-28-13-5-2-6-14-28)42-22-30(62-48(36)42)20-38-45(59)33-17-9-10-18-34(33)46(38)60/h1-24H,25-26H2. The van der Waals surface area contributed by atoms with E-state index in [2.05, 4.69) is 0 Å². The second-order valence-corrected chi connectivity index (χ2v) is 18.7. The lowest BCUT2D eigenvalue weighted by Gasteiger charge is -2.09. The van der Waals surface area contributed by atoms with E-state index in [-0.39, 0.29) is 13.2 Å². The summed E-state index contributed by atoms with van der Waals surface area (Å²) in [6, 6.07) is 42.9. The van der Waals surface area contributed by atoms with Gasteiger partial charge in [-0.1, -0.05) is 158 Å². The minimum absolute atomic E-state index is 0.0926. The van der Waals surface area contributed by atoms with Crippen LogP contribution in [0.2, 0.25) is 0 Å².